The topological polar surface area (TPSA) is 94.4 Å². The zero-order valence-corrected chi connectivity index (χ0v) is 14.0. The second kappa shape index (κ2) is 6.56. The largest absolute Gasteiger partial charge is 0.484 e. The molecule has 24 heavy (non-hydrogen) atoms. The lowest BCUT2D eigenvalue weighted by molar-refractivity contribution is -0.384. The summed E-state index contributed by atoms with van der Waals surface area (Å²) in [5.41, 5.74) is 0.493. The van der Waals surface area contributed by atoms with Gasteiger partial charge in [0.2, 0.25) is 0 Å². The number of nitro groups is 1. The molecule has 0 atom stereocenters. The first-order chi connectivity index (χ1) is 11.5. The van der Waals surface area contributed by atoms with E-state index in [2.05, 4.69) is 10.3 Å². The fourth-order valence-electron chi connectivity index (χ4n) is 2.64. The highest BCUT2D eigenvalue weighted by Crippen LogP contribution is 2.42. The van der Waals surface area contributed by atoms with Crippen LogP contribution >= 0.6 is 11.3 Å². The molecule has 0 radical (unpaired) electrons. The predicted octanol–water partition coefficient (Wildman–Crippen LogP) is 2.93. The van der Waals surface area contributed by atoms with Gasteiger partial charge in [0, 0.05) is 17.1 Å². The van der Waals surface area contributed by atoms with E-state index in [0.29, 0.717) is 5.75 Å². The molecule has 0 saturated heterocycles. The highest BCUT2D eigenvalue weighted by atomic mass is 32.1. The third-order valence-electron chi connectivity index (χ3n) is 4.01. The van der Waals surface area contributed by atoms with E-state index in [0.717, 1.165) is 30.0 Å². The Morgan fingerprint density at radius 3 is 2.88 bits per heavy atom. The predicted molar refractivity (Wildman–Crippen MR) is 89.1 cm³/mol. The summed E-state index contributed by atoms with van der Waals surface area (Å²) in [6.45, 7) is 1.74. The molecule has 2 aromatic rings. The Labute approximate surface area is 142 Å². The SMILES string of the molecule is Cc1csc(C2(NC(=O)COc3cccc([N+](=O)[O-])c3)CCC2)n1. The van der Waals surface area contributed by atoms with Crippen molar-refractivity contribution in [1.82, 2.24) is 10.3 Å². The van der Waals surface area contributed by atoms with Gasteiger partial charge in [0.15, 0.2) is 6.61 Å². The maximum absolute atomic E-state index is 12.2. The number of benzene rings is 1. The van der Waals surface area contributed by atoms with Gasteiger partial charge < -0.3 is 10.1 Å². The Bertz CT molecular complexity index is 770. The van der Waals surface area contributed by atoms with Gasteiger partial charge in [-0.3, -0.25) is 14.9 Å². The van der Waals surface area contributed by atoms with E-state index in [1.54, 1.807) is 17.4 Å². The number of thiazole rings is 1. The van der Waals surface area contributed by atoms with Crippen LogP contribution in [0.1, 0.15) is 30.0 Å². The van der Waals surface area contributed by atoms with Crippen molar-refractivity contribution in [3.05, 3.63) is 50.5 Å². The van der Waals surface area contributed by atoms with Crippen molar-refractivity contribution >= 4 is 22.9 Å². The lowest BCUT2D eigenvalue weighted by atomic mass is 9.77. The second-order valence-electron chi connectivity index (χ2n) is 5.82. The molecule has 1 amide bonds. The number of rotatable bonds is 6. The molecule has 0 aliphatic heterocycles. The maximum Gasteiger partial charge on any atom is 0.273 e. The lowest BCUT2D eigenvalue weighted by Crippen LogP contribution is -2.52. The molecule has 1 aromatic carbocycles. The molecule has 3 rings (SSSR count). The molecule has 1 fully saturated rings. The molecule has 8 heteroatoms. The van der Waals surface area contributed by atoms with Gasteiger partial charge in [-0.15, -0.1) is 11.3 Å². The van der Waals surface area contributed by atoms with Gasteiger partial charge in [0.05, 0.1) is 16.5 Å². The average molecular weight is 347 g/mol. The van der Waals surface area contributed by atoms with Gasteiger partial charge in [0.25, 0.3) is 11.6 Å². The molecule has 0 spiro atoms. The van der Waals surface area contributed by atoms with Gasteiger partial charge in [-0.05, 0) is 32.3 Å². The van der Waals surface area contributed by atoms with Crippen LogP contribution in [0.2, 0.25) is 0 Å². The van der Waals surface area contributed by atoms with Crippen molar-refractivity contribution in [2.75, 3.05) is 6.61 Å². The van der Waals surface area contributed by atoms with Crippen LogP contribution in [-0.2, 0) is 10.3 Å². The van der Waals surface area contributed by atoms with Crippen LogP contribution in [0.4, 0.5) is 5.69 Å². The first-order valence-electron chi connectivity index (χ1n) is 7.59. The summed E-state index contributed by atoms with van der Waals surface area (Å²) < 4.78 is 5.38. The van der Waals surface area contributed by atoms with Crippen LogP contribution < -0.4 is 10.1 Å². The fourth-order valence-corrected chi connectivity index (χ4v) is 3.65. The molecule has 7 nitrogen and oxygen atoms in total. The summed E-state index contributed by atoms with van der Waals surface area (Å²) in [6.07, 6.45) is 2.77. The van der Waals surface area contributed by atoms with E-state index in [-0.39, 0.29) is 23.7 Å². The number of amides is 1. The Hall–Kier alpha value is -2.48. The number of nitrogens with zero attached hydrogens (tertiary/aromatic N) is 2. The molecule has 1 aromatic heterocycles. The summed E-state index contributed by atoms with van der Waals surface area (Å²) >= 11 is 1.55. The van der Waals surface area contributed by atoms with Crippen molar-refractivity contribution < 1.29 is 14.5 Å². The first-order valence-corrected chi connectivity index (χ1v) is 8.47. The van der Waals surface area contributed by atoms with Gasteiger partial charge in [-0.2, -0.15) is 0 Å². The standard InChI is InChI=1S/C16H17N3O4S/c1-11-10-24-15(17-11)16(6-3-7-16)18-14(20)9-23-13-5-2-4-12(8-13)19(21)22/h2,4-5,8,10H,3,6-7,9H2,1H3,(H,18,20). The van der Waals surface area contributed by atoms with E-state index in [1.165, 1.54) is 18.2 Å². The Morgan fingerprint density at radius 2 is 2.29 bits per heavy atom. The minimum Gasteiger partial charge on any atom is -0.484 e. The zero-order valence-electron chi connectivity index (χ0n) is 13.2. The molecule has 126 valence electrons. The summed E-state index contributed by atoms with van der Waals surface area (Å²) in [7, 11) is 0. The van der Waals surface area contributed by atoms with E-state index in [4.69, 9.17) is 4.74 Å². The van der Waals surface area contributed by atoms with Crippen LogP contribution in [-0.4, -0.2) is 22.4 Å². The Kier molecular flexibility index (Phi) is 4.48. The summed E-state index contributed by atoms with van der Waals surface area (Å²) in [5, 5.41) is 16.7. The molecular formula is C16H17N3O4S. The molecule has 1 aliphatic carbocycles. The van der Waals surface area contributed by atoms with Gasteiger partial charge >= 0.3 is 0 Å². The first kappa shape index (κ1) is 16.4. The second-order valence-corrected chi connectivity index (χ2v) is 6.68. The number of carbonyl (C=O) groups excluding carboxylic acids is 1. The van der Waals surface area contributed by atoms with Crippen molar-refractivity contribution in [1.29, 1.82) is 0 Å². The van der Waals surface area contributed by atoms with E-state index < -0.39 is 4.92 Å². The van der Waals surface area contributed by atoms with E-state index in [9.17, 15) is 14.9 Å². The number of carbonyl (C=O) groups is 1. The van der Waals surface area contributed by atoms with Gasteiger partial charge in [0.1, 0.15) is 10.8 Å². The number of hydrogen-bond acceptors (Lipinski definition) is 6. The quantitative estimate of drug-likeness (QED) is 0.640. The molecule has 1 N–H and O–H groups in total. The van der Waals surface area contributed by atoms with Crippen molar-refractivity contribution in [2.24, 2.45) is 0 Å². The van der Waals surface area contributed by atoms with Crippen LogP contribution in [0.3, 0.4) is 0 Å². The minimum atomic E-state index is -0.499. The van der Waals surface area contributed by atoms with Gasteiger partial charge in [-0.1, -0.05) is 6.07 Å². The van der Waals surface area contributed by atoms with E-state index >= 15 is 0 Å². The third kappa shape index (κ3) is 3.38. The number of nitro benzene ring substituents is 1. The monoisotopic (exact) mass is 347 g/mol. The number of aryl methyl sites for hydroxylation is 1. The van der Waals surface area contributed by atoms with Crippen molar-refractivity contribution in [3.8, 4) is 5.75 Å². The number of nitrogens with one attached hydrogen (secondary N) is 1. The minimum absolute atomic E-state index is 0.0679. The maximum atomic E-state index is 12.2. The molecular weight excluding hydrogens is 330 g/mol. The molecule has 0 bridgehead atoms. The highest BCUT2D eigenvalue weighted by molar-refractivity contribution is 7.09. The van der Waals surface area contributed by atoms with Crippen molar-refractivity contribution in [2.45, 2.75) is 31.7 Å². The smallest absolute Gasteiger partial charge is 0.273 e. The number of ether oxygens (including phenoxy) is 1. The number of hydrogen-bond donors (Lipinski definition) is 1. The summed E-state index contributed by atoms with van der Waals surface area (Å²) in [5.74, 6) is 0.0427. The normalized spacial score (nSPS) is 15.4. The number of non-ortho nitro benzene ring substituents is 1. The zero-order chi connectivity index (χ0) is 17.2. The van der Waals surface area contributed by atoms with Crippen molar-refractivity contribution in [3.63, 3.8) is 0 Å². The van der Waals surface area contributed by atoms with Crippen LogP contribution in [0, 0.1) is 17.0 Å². The van der Waals surface area contributed by atoms with Crippen LogP contribution in [0.25, 0.3) is 0 Å². The van der Waals surface area contributed by atoms with E-state index in [1.807, 2.05) is 12.3 Å². The number of aromatic nitrogens is 1. The molecule has 0 unspecified atom stereocenters. The average Bonchev–Trinajstić information content (AvgIpc) is 2.96. The van der Waals surface area contributed by atoms with Crippen LogP contribution in [0.15, 0.2) is 29.6 Å². The molecule has 1 saturated carbocycles. The highest BCUT2D eigenvalue weighted by Gasteiger charge is 2.42. The lowest BCUT2D eigenvalue weighted by Gasteiger charge is -2.40. The molecule has 1 aliphatic rings. The Morgan fingerprint density at radius 1 is 1.50 bits per heavy atom. The molecule has 1 heterocycles. The summed E-state index contributed by atoms with van der Waals surface area (Å²) in [4.78, 5) is 27.0. The third-order valence-corrected chi connectivity index (χ3v) is 5.18. The fraction of sp³-hybridized carbons (Fsp3) is 0.375. The Balaban J connectivity index is 1.61. The summed E-state index contributed by atoms with van der Waals surface area (Å²) in [6, 6.07) is 5.79. The van der Waals surface area contributed by atoms with Gasteiger partial charge in [-0.25, -0.2) is 4.98 Å². The van der Waals surface area contributed by atoms with Crippen LogP contribution in [0.5, 0.6) is 5.75 Å².